The zero-order chi connectivity index (χ0) is 14.6. The fourth-order valence-electron chi connectivity index (χ4n) is 3.41. The van der Waals surface area contributed by atoms with Gasteiger partial charge < -0.3 is 10.2 Å². The molecule has 0 heterocycles. The summed E-state index contributed by atoms with van der Waals surface area (Å²) in [6.07, 6.45) is -0.615. The molecule has 1 aliphatic carbocycles. The minimum Gasteiger partial charge on any atom is -0.392 e. The van der Waals surface area contributed by atoms with Crippen LogP contribution in [0.3, 0.4) is 0 Å². The van der Waals surface area contributed by atoms with E-state index in [2.05, 4.69) is 0 Å². The second-order valence-corrected chi connectivity index (χ2v) is 5.51. The first-order chi connectivity index (χ1) is 10.2. The first kappa shape index (κ1) is 12.5. The summed E-state index contributed by atoms with van der Waals surface area (Å²) in [5.41, 5.74) is 2.00. The Hall–Kier alpha value is -2.23. The molecular formula is C18H14O3. The Bertz CT molecular complexity index is 896. The number of aliphatic hydroxyl groups is 2. The van der Waals surface area contributed by atoms with E-state index in [9.17, 15) is 15.0 Å². The number of benzene rings is 3. The minimum atomic E-state index is -0.746. The maximum Gasteiger partial charge on any atom is 0.166 e. The summed E-state index contributed by atoms with van der Waals surface area (Å²) in [5.74, 6) is -0.0535. The van der Waals surface area contributed by atoms with Gasteiger partial charge in [-0.1, -0.05) is 36.4 Å². The topological polar surface area (TPSA) is 57.5 Å². The van der Waals surface area contributed by atoms with Crippen LogP contribution in [-0.4, -0.2) is 16.0 Å². The SMILES string of the molecule is O=C1CC(O)c2c1cc(CO)c1c2ccc2ccccc21. The van der Waals surface area contributed by atoms with Gasteiger partial charge in [0.05, 0.1) is 12.7 Å². The van der Waals surface area contributed by atoms with Crippen molar-refractivity contribution in [3.05, 3.63) is 59.2 Å². The highest BCUT2D eigenvalue weighted by molar-refractivity contribution is 6.15. The van der Waals surface area contributed by atoms with E-state index in [0.717, 1.165) is 27.1 Å². The van der Waals surface area contributed by atoms with E-state index in [-0.39, 0.29) is 18.8 Å². The van der Waals surface area contributed by atoms with E-state index in [0.29, 0.717) is 11.1 Å². The summed E-state index contributed by atoms with van der Waals surface area (Å²) in [4.78, 5) is 12.0. The maximum atomic E-state index is 12.0. The van der Waals surface area contributed by atoms with Gasteiger partial charge in [0.15, 0.2) is 5.78 Å². The predicted octanol–water partition coefficient (Wildman–Crippen LogP) is 3.11. The highest BCUT2D eigenvalue weighted by Gasteiger charge is 2.30. The second kappa shape index (κ2) is 4.38. The Morgan fingerprint density at radius 1 is 1.10 bits per heavy atom. The summed E-state index contributed by atoms with van der Waals surface area (Å²) in [5, 5.41) is 23.8. The molecule has 0 spiro atoms. The number of carbonyl (C=O) groups excluding carboxylic acids is 1. The predicted molar refractivity (Wildman–Crippen MR) is 81.3 cm³/mol. The number of rotatable bonds is 1. The Kier molecular flexibility index (Phi) is 2.61. The number of Topliss-reactive ketones (excluding diaryl/α,β-unsaturated/α-hetero) is 1. The van der Waals surface area contributed by atoms with Gasteiger partial charge in [-0.3, -0.25) is 4.79 Å². The lowest BCUT2D eigenvalue weighted by atomic mass is 9.91. The van der Waals surface area contributed by atoms with E-state index in [1.54, 1.807) is 6.07 Å². The molecule has 1 aliphatic rings. The number of fused-ring (bicyclic) bond motifs is 5. The van der Waals surface area contributed by atoms with Gasteiger partial charge >= 0.3 is 0 Å². The molecule has 0 amide bonds. The molecule has 0 fully saturated rings. The van der Waals surface area contributed by atoms with Crippen LogP contribution >= 0.6 is 0 Å². The zero-order valence-corrected chi connectivity index (χ0v) is 11.3. The third-order valence-corrected chi connectivity index (χ3v) is 4.33. The average molecular weight is 278 g/mol. The smallest absolute Gasteiger partial charge is 0.166 e. The first-order valence-corrected chi connectivity index (χ1v) is 7.00. The zero-order valence-electron chi connectivity index (χ0n) is 11.3. The summed E-state index contributed by atoms with van der Waals surface area (Å²) in [7, 11) is 0. The molecule has 0 radical (unpaired) electrons. The Labute approximate surface area is 121 Å². The molecule has 1 unspecified atom stereocenters. The van der Waals surface area contributed by atoms with Crippen LogP contribution in [0.2, 0.25) is 0 Å². The quantitative estimate of drug-likeness (QED) is 0.672. The fourth-order valence-corrected chi connectivity index (χ4v) is 3.41. The lowest BCUT2D eigenvalue weighted by Gasteiger charge is -2.14. The molecule has 3 nitrogen and oxygen atoms in total. The van der Waals surface area contributed by atoms with Crippen molar-refractivity contribution in [2.75, 3.05) is 0 Å². The van der Waals surface area contributed by atoms with Crippen LogP contribution in [-0.2, 0) is 6.61 Å². The molecule has 1 atom stereocenters. The van der Waals surface area contributed by atoms with E-state index in [1.165, 1.54) is 0 Å². The number of ketones is 1. The number of hydrogen-bond donors (Lipinski definition) is 2. The molecule has 4 rings (SSSR count). The van der Waals surface area contributed by atoms with Crippen LogP contribution in [0, 0.1) is 0 Å². The number of hydrogen-bond acceptors (Lipinski definition) is 3. The molecule has 3 heteroatoms. The van der Waals surface area contributed by atoms with E-state index in [1.807, 2.05) is 36.4 Å². The van der Waals surface area contributed by atoms with Crippen LogP contribution in [0.25, 0.3) is 21.5 Å². The average Bonchev–Trinajstić information content (AvgIpc) is 2.80. The van der Waals surface area contributed by atoms with E-state index < -0.39 is 6.10 Å². The van der Waals surface area contributed by atoms with Crippen molar-refractivity contribution in [3.63, 3.8) is 0 Å². The van der Waals surface area contributed by atoms with Gasteiger partial charge in [0.2, 0.25) is 0 Å². The molecule has 0 saturated heterocycles. The van der Waals surface area contributed by atoms with Gasteiger partial charge in [0.1, 0.15) is 0 Å². The van der Waals surface area contributed by atoms with Crippen molar-refractivity contribution in [1.82, 2.24) is 0 Å². The molecule has 2 N–H and O–H groups in total. The summed E-state index contributed by atoms with van der Waals surface area (Å²) in [6.45, 7) is -0.124. The fraction of sp³-hybridized carbons (Fsp3) is 0.167. The lowest BCUT2D eigenvalue weighted by molar-refractivity contribution is 0.0930. The van der Waals surface area contributed by atoms with Gasteiger partial charge in [0, 0.05) is 12.0 Å². The third-order valence-electron chi connectivity index (χ3n) is 4.33. The minimum absolute atomic E-state index is 0.0535. The standard InChI is InChI=1S/C18H14O3/c19-9-11-7-14-15(20)8-16(21)18(14)13-6-5-10-3-1-2-4-12(10)17(11)13/h1-7,16,19,21H,8-9H2. The molecule has 3 aromatic rings. The van der Waals surface area contributed by atoms with Gasteiger partial charge in [-0.15, -0.1) is 0 Å². The lowest BCUT2D eigenvalue weighted by Crippen LogP contribution is -1.98. The van der Waals surface area contributed by atoms with Crippen molar-refractivity contribution >= 4 is 27.3 Å². The number of aliphatic hydroxyl groups excluding tert-OH is 2. The highest BCUT2D eigenvalue weighted by Crippen LogP contribution is 2.40. The highest BCUT2D eigenvalue weighted by atomic mass is 16.3. The van der Waals surface area contributed by atoms with Crippen LogP contribution in [0.15, 0.2) is 42.5 Å². The Morgan fingerprint density at radius 3 is 2.71 bits per heavy atom. The second-order valence-electron chi connectivity index (χ2n) is 5.51. The van der Waals surface area contributed by atoms with E-state index in [4.69, 9.17) is 0 Å². The van der Waals surface area contributed by atoms with Crippen molar-refractivity contribution in [1.29, 1.82) is 0 Å². The van der Waals surface area contributed by atoms with Gasteiger partial charge in [0.25, 0.3) is 0 Å². The van der Waals surface area contributed by atoms with Gasteiger partial charge in [-0.2, -0.15) is 0 Å². The van der Waals surface area contributed by atoms with Crippen LogP contribution in [0.5, 0.6) is 0 Å². The number of carbonyl (C=O) groups is 1. The Morgan fingerprint density at radius 2 is 1.90 bits per heavy atom. The molecule has 0 aliphatic heterocycles. The van der Waals surface area contributed by atoms with Crippen molar-refractivity contribution in [3.8, 4) is 0 Å². The third kappa shape index (κ3) is 1.65. The summed E-state index contributed by atoms with van der Waals surface area (Å²) >= 11 is 0. The molecule has 0 saturated carbocycles. The van der Waals surface area contributed by atoms with Crippen molar-refractivity contribution < 1.29 is 15.0 Å². The van der Waals surface area contributed by atoms with Gasteiger partial charge in [-0.25, -0.2) is 0 Å². The molecule has 0 aromatic heterocycles. The van der Waals surface area contributed by atoms with Crippen LogP contribution in [0.1, 0.15) is 34.0 Å². The Balaban J connectivity index is 2.25. The largest absolute Gasteiger partial charge is 0.392 e. The van der Waals surface area contributed by atoms with Crippen molar-refractivity contribution in [2.24, 2.45) is 0 Å². The molecule has 0 bridgehead atoms. The first-order valence-electron chi connectivity index (χ1n) is 7.00. The monoisotopic (exact) mass is 278 g/mol. The normalized spacial score (nSPS) is 17.6. The summed E-state index contributed by atoms with van der Waals surface area (Å²) < 4.78 is 0. The van der Waals surface area contributed by atoms with Crippen LogP contribution < -0.4 is 0 Å². The van der Waals surface area contributed by atoms with Gasteiger partial charge in [-0.05, 0) is 38.7 Å². The van der Waals surface area contributed by atoms with Crippen molar-refractivity contribution in [2.45, 2.75) is 19.1 Å². The maximum absolute atomic E-state index is 12.0. The molecular weight excluding hydrogens is 264 g/mol. The van der Waals surface area contributed by atoms with Crippen LogP contribution in [0.4, 0.5) is 0 Å². The molecule has 104 valence electrons. The molecule has 3 aromatic carbocycles. The summed E-state index contributed by atoms with van der Waals surface area (Å²) in [6, 6.07) is 13.6. The van der Waals surface area contributed by atoms with E-state index >= 15 is 0 Å². The molecule has 21 heavy (non-hydrogen) atoms.